The van der Waals surface area contributed by atoms with E-state index in [0.717, 1.165) is 11.1 Å². The van der Waals surface area contributed by atoms with Crippen LogP contribution >= 0.6 is 0 Å². The monoisotopic (exact) mass is 396 g/mol. The number of esters is 2. The minimum absolute atomic E-state index is 0.0995. The van der Waals surface area contributed by atoms with Gasteiger partial charge in [0.2, 0.25) is 0 Å². The first-order valence-corrected chi connectivity index (χ1v) is 9.42. The van der Waals surface area contributed by atoms with Gasteiger partial charge in [-0.25, -0.2) is 4.79 Å². The smallest absolute Gasteiger partial charge is 0.342 e. The molecule has 0 aromatic heterocycles. The van der Waals surface area contributed by atoms with E-state index in [1.54, 1.807) is 12.1 Å². The van der Waals surface area contributed by atoms with Crippen molar-refractivity contribution in [2.24, 2.45) is 0 Å². The summed E-state index contributed by atoms with van der Waals surface area (Å²) < 4.78 is 15.8. The fraction of sp³-hybridized carbons (Fsp3) is 0.304. The summed E-state index contributed by atoms with van der Waals surface area (Å²) >= 11 is 0. The number of ether oxygens (including phenoxy) is 3. The van der Waals surface area contributed by atoms with Gasteiger partial charge in [0.1, 0.15) is 29.4 Å². The van der Waals surface area contributed by atoms with Crippen LogP contribution in [-0.2, 0) is 22.6 Å². The van der Waals surface area contributed by atoms with Gasteiger partial charge in [-0.2, -0.15) is 0 Å². The Bertz CT molecular complexity index is 959. The molecule has 0 radical (unpaired) electrons. The molecular weight excluding hydrogens is 372 g/mol. The van der Waals surface area contributed by atoms with Gasteiger partial charge in [0.05, 0.1) is 7.11 Å². The number of para-hydroxylation sites is 1. The number of phenols is 1. The second-order valence-corrected chi connectivity index (χ2v) is 6.96. The van der Waals surface area contributed by atoms with E-state index in [1.807, 2.05) is 38.1 Å². The van der Waals surface area contributed by atoms with Crippen LogP contribution in [-0.4, -0.2) is 24.2 Å². The van der Waals surface area contributed by atoms with Gasteiger partial charge in [0, 0.05) is 17.5 Å². The van der Waals surface area contributed by atoms with E-state index >= 15 is 0 Å². The molecule has 1 N–H and O–H groups in total. The summed E-state index contributed by atoms with van der Waals surface area (Å²) in [5.41, 5.74) is 3.18. The molecule has 0 aliphatic carbocycles. The summed E-state index contributed by atoms with van der Waals surface area (Å²) in [5.74, 6) is 0.147. The van der Waals surface area contributed by atoms with Gasteiger partial charge in [-0.3, -0.25) is 4.79 Å². The summed E-state index contributed by atoms with van der Waals surface area (Å²) in [6.07, 6.45) is 3.06. The molecule has 0 bridgehead atoms. The second kappa shape index (κ2) is 8.82. The predicted octanol–water partition coefficient (Wildman–Crippen LogP) is 4.25. The molecule has 0 atom stereocenters. The third-order valence-corrected chi connectivity index (χ3v) is 5.00. The van der Waals surface area contributed by atoms with Gasteiger partial charge >= 0.3 is 11.9 Å². The minimum Gasteiger partial charge on any atom is -0.507 e. The molecule has 1 aliphatic heterocycles. The van der Waals surface area contributed by atoms with E-state index in [9.17, 15) is 14.7 Å². The van der Waals surface area contributed by atoms with Crippen LogP contribution in [0.5, 0.6) is 17.2 Å². The van der Waals surface area contributed by atoms with Crippen molar-refractivity contribution in [2.75, 3.05) is 7.11 Å². The number of fused-ring (bicyclic) bond motifs is 1. The van der Waals surface area contributed by atoms with Gasteiger partial charge in [-0.1, -0.05) is 29.8 Å². The number of hydrogen-bond acceptors (Lipinski definition) is 6. The van der Waals surface area contributed by atoms with Crippen molar-refractivity contribution in [3.05, 3.63) is 64.2 Å². The fourth-order valence-corrected chi connectivity index (χ4v) is 3.38. The maximum absolute atomic E-state index is 12.0. The molecule has 152 valence electrons. The highest BCUT2D eigenvalue weighted by Crippen LogP contribution is 2.42. The van der Waals surface area contributed by atoms with E-state index in [4.69, 9.17) is 14.2 Å². The fourth-order valence-electron chi connectivity index (χ4n) is 3.38. The Hall–Kier alpha value is -3.28. The zero-order valence-corrected chi connectivity index (χ0v) is 16.8. The standard InChI is InChI=1S/C23H24O6/c1-14(10-12-19(24)29-16-7-5-4-6-8-16)9-11-17-21(25)20-18(13-28-23(20)26)15(2)22(17)27-3/h4-9,25H,10-13H2,1-3H3. The molecule has 6 nitrogen and oxygen atoms in total. The maximum atomic E-state index is 12.0. The molecular formula is C23H24O6. The van der Waals surface area contributed by atoms with Crippen LogP contribution in [0.2, 0.25) is 0 Å². The molecule has 0 amide bonds. The molecule has 2 aromatic carbocycles. The zero-order chi connectivity index (χ0) is 21.0. The van der Waals surface area contributed by atoms with E-state index < -0.39 is 5.97 Å². The molecule has 6 heteroatoms. The number of phenolic OH excluding ortho intramolecular Hbond substituents is 1. The van der Waals surface area contributed by atoms with Crippen molar-refractivity contribution in [3.8, 4) is 17.2 Å². The van der Waals surface area contributed by atoms with Crippen molar-refractivity contribution >= 4 is 11.9 Å². The summed E-state index contributed by atoms with van der Waals surface area (Å²) in [4.78, 5) is 24.0. The normalized spacial score (nSPS) is 13.1. The lowest BCUT2D eigenvalue weighted by atomic mass is 9.94. The van der Waals surface area contributed by atoms with Crippen LogP contribution in [0.25, 0.3) is 0 Å². The summed E-state index contributed by atoms with van der Waals surface area (Å²) in [6.45, 7) is 3.90. The van der Waals surface area contributed by atoms with Crippen molar-refractivity contribution in [1.82, 2.24) is 0 Å². The van der Waals surface area contributed by atoms with Crippen molar-refractivity contribution < 1.29 is 28.9 Å². The average Bonchev–Trinajstić information content (AvgIpc) is 3.11. The van der Waals surface area contributed by atoms with Crippen molar-refractivity contribution in [2.45, 2.75) is 39.7 Å². The molecule has 1 aliphatic rings. The van der Waals surface area contributed by atoms with E-state index in [0.29, 0.717) is 35.5 Å². The zero-order valence-electron chi connectivity index (χ0n) is 16.8. The number of carbonyl (C=O) groups excluding carboxylic acids is 2. The molecule has 0 saturated heterocycles. The molecule has 0 unspecified atom stereocenters. The Labute approximate surface area is 169 Å². The molecule has 3 rings (SSSR count). The topological polar surface area (TPSA) is 82.1 Å². The highest BCUT2D eigenvalue weighted by Gasteiger charge is 2.31. The maximum Gasteiger partial charge on any atom is 0.342 e. The van der Waals surface area contributed by atoms with Crippen LogP contribution in [0, 0.1) is 6.92 Å². The first-order chi connectivity index (χ1) is 13.9. The van der Waals surface area contributed by atoms with Crippen LogP contribution < -0.4 is 9.47 Å². The average molecular weight is 396 g/mol. The molecule has 2 aromatic rings. The Morgan fingerprint density at radius 2 is 1.97 bits per heavy atom. The first kappa shape index (κ1) is 20.5. The third kappa shape index (κ3) is 4.42. The Kier molecular flexibility index (Phi) is 6.22. The van der Waals surface area contributed by atoms with Crippen molar-refractivity contribution in [3.63, 3.8) is 0 Å². The lowest BCUT2D eigenvalue weighted by molar-refractivity contribution is -0.134. The van der Waals surface area contributed by atoms with E-state index in [1.165, 1.54) is 7.11 Å². The van der Waals surface area contributed by atoms with Crippen LogP contribution in [0.3, 0.4) is 0 Å². The van der Waals surface area contributed by atoms with Crippen molar-refractivity contribution in [1.29, 1.82) is 0 Å². The van der Waals surface area contributed by atoms with Gasteiger partial charge in [-0.15, -0.1) is 0 Å². The summed E-state index contributed by atoms with van der Waals surface area (Å²) in [7, 11) is 1.53. The van der Waals surface area contributed by atoms with Gasteiger partial charge in [0.25, 0.3) is 0 Å². The van der Waals surface area contributed by atoms with E-state index in [-0.39, 0.29) is 30.3 Å². The SMILES string of the molecule is COc1c(C)c2c(c(O)c1CC=C(C)CCC(=O)Oc1ccccc1)C(=O)OC2. The molecule has 0 spiro atoms. The number of aromatic hydroxyl groups is 1. The highest BCUT2D eigenvalue weighted by atomic mass is 16.5. The van der Waals surface area contributed by atoms with Gasteiger partial charge < -0.3 is 19.3 Å². The van der Waals surface area contributed by atoms with E-state index in [2.05, 4.69) is 0 Å². The number of hydrogen-bond donors (Lipinski definition) is 1. The molecule has 1 heterocycles. The van der Waals surface area contributed by atoms with Crippen LogP contribution in [0.15, 0.2) is 42.0 Å². The molecule has 0 fully saturated rings. The molecule has 0 saturated carbocycles. The number of rotatable bonds is 7. The number of allylic oxidation sites excluding steroid dienone is 2. The summed E-state index contributed by atoms with van der Waals surface area (Å²) in [5, 5.41) is 10.6. The quantitative estimate of drug-likeness (QED) is 0.428. The number of methoxy groups -OCH3 is 1. The highest BCUT2D eigenvalue weighted by molar-refractivity contribution is 5.98. The van der Waals surface area contributed by atoms with Gasteiger partial charge in [-0.05, 0) is 44.4 Å². The minimum atomic E-state index is -0.520. The second-order valence-electron chi connectivity index (χ2n) is 6.96. The number of benzene rings is 2. The van der Waals surface area contributed by atoms with Crippen LogP contribution in [0.4, 0.5) is 0 Å². The number of carbonyl (C=O) groups is 2. The third-order valence-electron chi connectivity index (χ3n) is 5.00. The summed E-state index contributed by atoms with van der Waals surface area (Å²) in [6, 6.07) is 8.94. The Morgan fingerprint density at radius 3 is 2.66 bits per heavy atom. The first-order valence-electron chi connectivity index (χ1n) is 9.42. The van der Waals surface area contributed by atoms with Crippen LogP contribution in [0.1, 0.15) is 46.8 Å². The number of cyclic esters (lactones) is 1. The Balaban J connectivity index is 1.69. The largest absolute Gasteiger partial charge is 0.507 e. The predicted molar refractivity (Wildman–Crippen MR) is 107 cm³/mol. The Morgan fingerprint density at radius 1 is 1.24 bits per heavy atom. The lowest BCUT2D eigenvalue weighted by Crippen LogP contribution is -2.07. The van der Waals surface area contributed by atoms with Gasteiger partial charge in [0.15, 0.2) is 0 Å². The lowest BCUT2D eigenvalue weighted by Gasteiger charge is -2.15. The molecule has 29 heavy (non-hydrogen) atoms.